The largest absolute Gasteiger partial charge is 0.497 e. The fourth-order valence-corrected chi connectivity index (χ4v) is 4.13. The number of amides is 2. The summed E-state index contributed by atoms with van der Waals surface area (Å²) in [5.41, 5.74) is 1.54. The molecule has 1 heterocycles. The number of piperidine rings is 1. The summed E-state index contributed by atoms with van der Waals surface area (Å²) in [6.45, 7) is 3.08. The van der Waals surface area contributed by atoms with Gasteiger partial charge in [-0.15, -0.1) is 0 Å². The van der Waals surface area contributed by atoms with Crippen molar-refractivity contribution in [3.05, 3.63) is 63.6 Å². The Labute approximate surface area is 187 Å². The average molecular weight is 449 g/mol. The van der Waals surface area contributed by atoms with Crippen molar-refractivity contribution < 1.29 is 14.3 Å². The number of hydrogen-bond donors (Lipinski definition) is 1. The maximum atomic E-state index is 12.8. The highest BCUT2D eigenvalue weighted by atomic mass is 35.5. The molecule has 2 aromatic rings. The third-order valence-corrected chi connectivity index (χ3v) is 6.34. The maximum absolute atomic E-state index is 12.8. The number of nitrogens with one attached hydrogen (secondary N) is 1. The van der Waals surface area contributed by atoms with Crippen LogP contribution in [0.2, 0.25) is 10.0 Å². The lowest BCUT2D eigenvalue weighted by Crippen LogP contribution is -2.49. The van der Waals surface area contributed by atoms with Crippen molar-refractivity contribution in [2.75, 3.05) is 20.2 Å². The summed E-state index contributed by atoms with van der Waals surface area (Å²) < 4.78 is 5.20. The van der Waals surface area contributed by atoms with Crippen LogP contribution in [0.15, 0.2) is 42.5 Å². The fourth-order valence-electron chi connectivity index (χ4n) is 3.74. The minimum Gasteiger partial charge on any atom is -0.497 e. The van der Waals surface area contributed by atoms with Gasteiger partial charge in [0.05, 0.1) is 22.7 Å². The van der Waals surface area contributed by atoms with E-state index in [1.165, 1.54) is 5.56 Å². The summed E-state index contributed by atoms with van der Waals surface area (Å²) in [6.07, 6.45) is 2.88. The molecule has 0 saturated carbocycles. The molecule has 1 unspecified atom stereocenters. The van der Waals surface area contributed by atoms with Crippen LogP contribution < -0.4 is 10.1 Å². The number of halogens is 2. The van der Waals surface area contributed by atoms with Gasteiger partial charge >= 0.3 is 0 Å². The summed E-state index contributed by atoms with van der Waals surface area (Å²) in [4.78, 5) is 27.1. The third kappa shape index (κ3) is 5.46. The van der Waals surface area contributed by atoms with Crippen LogP contribution in [0.1, 0.15) is 35.7 Å². The second-order valence-electron chi connectivity index (χ2n) is 7.62. The minimum absolute atomic E-state index is 0.0793. The molecule has 7 heteroatoms. The first-order chi connectivity index (χ1) is 14.4. The number of carbonyl (C=O) groups excluding carboxylic acids is 2. The zero-order chi connectivity index (χ0) is 21.7. The molecule has 2 aromatic carbocycles. The molecule has 0 spiro atoms. The summed E-state index contributed by atoms with van der Waals surface area (Å²) >= 11 is 12.1. The van der Waals surface area contributed by atoms with E-state index in [0.29, 0.717) is 24.0 Å². The van der Waals surface area contributed by atoms with E-state index in [1.807, 2.05) is 17.0 Å². The number of benzene rings is 2. The second kappa shape index (κ2) is 10.2. The van der Waals surface area contributed by atoms with Crippen molar-refractivity contribution >= 4 is 35.0 Å². The number of carbonyl (C=O) groups is 2. The Kier molecular flexibility index (Phi) is 7.62. The van der Waals surface area contributed by atoms with Crippen LogP contribution in [-0.4, -0.2) is 43.0 Å². The topological polar surface area (TPSA) is 58.6 Å². The highest BCUT2D eigenvalue weighted by Crippen LogP contribution is 2.26. The Morgan fingerprint density at radius 2 is 1.80 bits per heavy atom. The van der Waals surface area contributed by atoms with E-state index >= 15 is 0 Å². The SMILES string of the molecule is COc1ccc(CC2CCN(C(=O)C(C)NC(=O)c3cccc(Cl)c3Cl)CC2)cc1. The van der Waals surface area contributed by atoms with Crippen molar-refractivity contribution in [2.24, 2.45) is 5.92 Å². The minimum atomic E-state index is -0.634. The van der Waals surface area contributed by atoms with E-state index in [9.17, 15) is 9.59 Å². The van der Waals surface area contributed by atoms with E-state index in [2.05, 4.69) is 17.4 Å². The molecule has 1 saturated heterocycles. The number of hydrogen-bond acceptors (Lipinski definition) is 3. The molecule has 2 amide bonds. The first-order valence-electron chi connectivity index (χ1n) is 10.1. The molecule has 160 valence electrons. The number of likely N-dealkylation sites (tertiary alicyclic amines) is 1. The zero-order valence-electron chi connectivity index (χ0n) is 17.2. The summed E-state index contributed by atoms with van der Waals surface area (Å²) in [5.74, 6) is 0.911. The quantitative estimate of drug-likeness (QED) is 0.701. The van der Waals surface area contributed by atoms with Gasteiger partial charge in [-0.05, 0) is 61.9 Å². The second-order valence-corrected chi connectivity index (χ2v) is 8.40. The van der Waals surface area contributed by atoms with Gasteiger partial charge in [0, 0.05) is 13.1 Å². The van der Waals surface area contributed by atoms with Crippen LogP contribution in [0.5, 0.6) is 5.75 Å². The third-order valence-electron chi connectivity index (χ3n) is 5.52. The molecule has 0 aromatic heterocycles. The molecule has 1 aliphatic heterocycles. The number of ether oxygens (including phenoxy) is 1. The van der Waals surface area contributed by atoms with Crippen LogP contribution in [0, 0.1) is 5.92 Å². The predicted molar refractivity (Wildman–Crippen MR) is 119 cm³/mol. The number of rotatable bonds is 6. The van der Waals surface area contributed by atoms with E-state index in [4.69, 9.17) is 27.9 Å². The Balaban J connectivity index is 1.50. The van der Waals surface area contributed by atoms with Gasteiger partial charge in [0.2, 0.25) is 5.91 Å². The fraction of sp³-hybridized carbons (Fsp3) is 0.391. The normalized spacial score (nSPS) is 15.5. The molecule has 5 nitrogen and oxygen atoms in total. The van der Waals surface area contributed by atoms with Crippen molar-refractivity contribution in [1.29, 1.82) is 0 Å². The summed E-state index contributed by atoms with van der Waals surface area (Å²) in [7, 11) is 1.66. The Bertz CT molecular complexity index is 894. The van der Waals surface area contributed by atoms with Crippen molar-refractivity contribution in [2.45, 2.75) is 32.2 Å². The Morgan fingerprint density at radius 3 is 2.43 bits per heavy atom. The van der Waals surface area contributed by atoms with Gasteiger partial charge < -0.3 is 15.0 Å². The van der Waals surface area contributed by atoms with E-state index < -0.39 is 11.9 Å². The molecule has 1 atom stereocenters. The highest BCUT2D eigenvalue weighted by Gasteiger charge is 2.27. The maximum Gasteiger partial charge on any atom is 0.253 e. The molecular weight excluding hydrogens is 423 g/mol. The van der Waals surface area contributed by atoms with Crippen molar-refractivity contribution in [3.8, 4) is 5.75 Å². The molecule has 0 bridgehead atoms. The van der Waals surface area contributed by atoms with Crippen LogP contribution in [0.3, 0.4) is 0 Å². The molecule has 0 aliphatic carbocycles. The highest BCUT2D eigenvalue weighted by molar-refractivity contribution is 6.43. The lowest BCUT2D eigenvalue weighted by molar-refractivity contribution is -0.134. The zero-order valence-corrected chi connectivity index (χ0v) is 18.7. The molecule has 0 radical (unpaired) electrons. The van der Waals surface area contributed by atoms with Gasteiger partial charge in [0.15, 0.2) is 0 Å². The lowest BCUT2D eigenvalue weighted by atomic mass is 9.90. The van der Waals surface area contributed by atoms with Gasteiger partial charge in [-0.25, -0.2) is 0 Å². The first-order valence-corrected chi connectivity index (χ1v) is 10.8. The van der Waals surface area contributed by atoms with Gasteiger partial charge in [-0.1, -0.05) is 41.4 Å². The average Bonchev–Trinajstić information content (AvgIpc) is 2.76. The van der Waals surface area contributed by atoms with Crippen molar-refractivity contribution in [1.82, 2.24) is 10.2 Å². The molecule has 1 fully saturated rings. The Hall–Kier alpha value is -2.24. The number of methoxy groups -OCH3 is 1. The van der Waals surface area contributed by atoms with Crippen LogP contribution in [0.4, 0.5) is 0 Å². The van der Waals surface area contributed by atoms with Gasteiger partial charge in [0.25, 0.3) is 5.91 Å². The molecule has 3 rings (SSSR count). The van der Waals surface area contributed by atoms with Gasteiger partial charge in [-0.3, -0.25) is 9.59 Å². The van der Waals surface area contributed by atoms with Crippen LogP contribution in [0.25, 0.3) is 0 Å². The van der Waals surface area contributed by atoms with E-state index in [1.54, 1.807) is 32.2 Å². The van der Waals surface area contributed by atoms with Gasteiger partial charge in [-0.2, -0.15) is 0 Å². The monoisotopic (exact) mass is 448 g/mol. The Morgan fingerprint density at radius 1 is 1.13 bits per heavy atom. The summed E-state index contributed by atoms with van der Waals surface area (Å²) in [5, 5.41) is 3.24. The van der Waals surface area contributed by atoms with Gasteiger partial charge in [0.1, 0.15) is 11.8 Å². The van der Waals surface area contributed by atoms with E-state index in [0.717, 1.165) is 25.0 Å². The summed E-state index contributed by atoms with van der Waals surface area (Å²) in [6, 6.07) is 12.4. The lowest BCUT2D eigenvalue weighted by Gasteiger charge is -2.33. The number of nitrogens with zero attached hydrogens (tertiary/aromatic N) is 1. The molecule has 1 N–H and O–H groups in total. The van der Waals surface area contributed by atoms with Crippen molar-refractivity contribution in [3.63, 3.8) is 0 Å². The predicted octanol–water partition coefficient (Wildman–Crippen LogP) is 4.60. The molecular formula is C23H26Cl2N2O3. The standard InChI is InChI=1S/C23H26Cl2N2O3/c1-15(26-22(28)19-4-3-5-20(24)21(19)25)23(29)27-12-10-17(11-13-27)14-16-6-8-18(30-2)9-7-16/h3-9,15,17H,10-14H2,1-2H3,(H,26,28). The molecule has 1 aliphatic rings. The smallest absolute Gasteiger partial charge is 0.253 e. The molecule has 30 heavy (non-hydrogen) atoms. The van der Waals surface area contributed by atoms with Crippen LogP contribution >= 0.6 is 23.2 Å². The van der Waals surface area contributed by atoms with Crippen LogP contribution in [-0.2, 0) is 11.2 Å². The first kappa shape index (κ1) is 22.4. The van der Waals surface area contributed by atoms with E-state index in [-0.39, 0.29) is 16.5 Å².